The molecule has 0 saturated carbocycles. The van der Waals surface area contributed by atoms with E-state index in [4.69, 9.17) is 4.74 Å². The summed E-state index contributed by atoms with van der Waals surface area (Å²) >= 11 is 1.66. The quantitative estimate of drug-likeness (QED) is 0.691. The standard InChI is InChI=1S/C20H23N3O2S/c1-14-6-8-17(9-7-14)25-13-20(24)21-12-18(19-5-4-10-26-19)23-16(3)11-15(2)22-23/h4-11,18H,12-13H2,1-3H3,(H,21,24). The molecule has 1 atom stereocenters. The molecule has 3 aromatic rings. The van der Waals surface area contributed by atoms with Gasteiger partial charge in [0.2, 0.25) is 0 Å². The fourth-order valence-electron chi connectivity index (χ4n) is 2.79. The highest BCUT2D eigenvalue weighted by molar-refractivity contribution is 7.10. The van der Waals surface area contributed by atoms with Crippen LogP contribution >= 0.6 is 11.3 Å². The van der Waals surface area contributed by atoms with Crippen LogP contribution in [0.1, 0.15) is 27.9 Å². The number of nitrogens with one attached hydrogen (secondary N) is 1. The first-order valence-electron chi connectivity index (χ1n) is 8.55. The van der Waals surface area contributed by atoms with E-state index in [2.05, 4.69) is 16.5 Å². The number of nitrogens with zero attached hydrogens (tertiary/aromatic N) is 2. The predicted octanol–water partition coefficient (Wildman–Crippen LogP) is 3.65. The lowest BCUT2D eigenvalue weighted by Crippen LogP contribution is -2.34. The van der Waals surface area contributed by atoms with Crippen molar-refractivity contribution in [2.45, 2.75) is 26.8 Å². The van der Waals surface area contributed by atoms with E-state index in [1.165, 1.54) is 0 Å². The van der Waals surface area contributed by atoms with Crippen molar-refractivity contribution >= 4 is 17.2 Å². The van der Waals surface area contributed by atoms with Gasteiger partial charge in [0.15, 0.2) is 6.61 Å². The van der Waals surface area contributed by atoms with Gasteiger partial charge in [-0.2, -0.15) is 5.10 Å². The summed E-state index contributed by atoms with van der Waals surface area (Å²) in [5.74, 6) is 0.549. The van der Waals surface area contributed by atoms with E-state index in [0.717, 1.165) is 21.8 Å². The Kier molecular flexibility index (Phi) is 5.73. The van der Waals surface area contributed by atoms with Gasteiger partial charge in [-0.05, 0) is 50.4 Å². The first-order chi connectivity index (χ1) is 12.5. The van der Waals surface area contributed by atoms with Crippen LogP contribution in [0.3, 0.4) is 0 Å². The molecule has 0 radical (unpaired) electrons. The third-order valence-corrected chi connectivity index (χ3v) is 5.07. The van der Waals surface area contributed by atoms with E-state index in [1.54, 1.807) is 11.3 Å². The number of hydrogen-bond acceptors (Lipinski definition) is 4. The molecular formula is C20H23N3O2S. The summed E-state index contributed by atoms with van der Waals surface area (Å²) < 4.78 is 7.52. The molecule has 0 aliphatic carbocycles. The van der Waals surface area contributed by atoms with Crippen LogP contribution in [0.25, 0.3) is 0 Å². The zero-order valence-corrected chi connectivity index (χ0v) is 16.0. The van der Waals surface area contributed by atoms with Crippen molar-refractivity contribution in [2.24, 2.45) is 0 Å². The van der Waals surface area contributed by atoms with Crippen LogP contribution in [-0.2, 0) is 4.79 Å². The van der Waals surface area contributed by atoms with Gasteiger partial charge in [-0.25, -0.2) is 0 Å². The molecule has 2 heterocycles. The molecule has 6 heteroatoms. The molecule has 0 aliphatic heterocycles. The molecular weight excluding hydrogens is 346 g/mol. The van der Waals surface area contributed by atoms with Crippen LogP contribution in [0.4, 0.5) is 0 Å². The fraction of sp³-hybridized carbons (Fsp3) is 0.300. The van der Waals surface area contributed by atoms with E-state index in [-0.39, 0.29) is 18.6 Å². The molecule has 0 spiro atoms. The maximum Gasteiger partial charge on any atom is 0.258 e. The van der Waals surface area contributed by atoms with Gasteiger partial charge in [-0.15, -0.1) is 11.3 Å². The average molecular weight is 369 g/mol. The second kappa shape index (κ2) is 8.19. The number of ether oxygens (including phenoxy) is 1. The second-order valence-corrected chi connectivity index (χ2v) is 7.29. The minimum absolute atomic E-state index is 0.00264. The van der Waals surface area contributed by atoms with Crippen molar-refractivity contribution in [1.29, 1.82) is 0 Å². The van der Waals surface area contributed by atoms with E-state index in [0.29, 0.717) is 12.3 Å². The van der Waals surface area contributed by atoms with E-state index in [9.17, 15) is 4.79 Å². The molecule has 1 N–H and O–H groups in total. The monoisotopic (exact) mass is 369 g/mol. The highest BCUT2D eigenvalue weighted by Gasteiger charge is 2.19. The van der Waals surface area contributed by atoms with Crippen molar-refractivity contribution in [1.82, 2.24) is 15.1 Å². The molecule has 3 rings (SSSR count). The number of aryl methyl sites for hydroxylation is 3. The minimum Gasteiger partial charge on any atom is -0.484 e. The van der Waals surface area contributed by atoms with E-state index in [1.807, 2.05) is 67.2 Å². The van der Waals surface area contributed by atoms with Crippen molar-refractivity contribution in [2.75, 3.05) is 13.2 Å². The van der Waals surface area contributed by atoms with Crippen molar-refractivity contribution in [3.63, 3.8) is 0 Å². The largest absolute Gasteiger partial charge is 0.484 e. The lowest BCUT2D eigenvalue weighted by Gasteiger charge is -2.19. The number of rotatable bonds is 7. The molecule has 0 aliphatic rings. The first kappa shape index (κ1) is 18.2. The Bertz CT molecular complexity index is 854. The number of carbonyl (C=O) groups is 1. The summed E-state index contributed by atoms with van der Waals surface area (Å²) in [6.45, 7) is 6.49. The Labute approximate surface area is 157 Å². The number of benzene rings is 1. The summed E-state index contributed by atoms with van der Waals surface area (Å²) in [6.07, 6.45) is 0. The van der Waals surface area contributed by atoms with Gasteiger partial charge in [0.05, 0.1) is 5.69 Å². The molecule has 1 aromatic carbocycles. The topological polar surface area (TPSA) is 56.1 Å². The average Bonchev–Trinajstić information content (AvgIpc) is 3.25. The van der Waals surface area contributed by atoms with E-state index >= 15 is 0 Å². The Morgan fingerprint density at radius 2 is 2.00 bits per heavy atom. The van der Waals surface area contributed by atoms with Gasteiger partial charge in [-0.3, -0.25) is 9.48 Å². The molecule has 26 heavy (non-hydrogen) atoms. The van der Waals surface area contributed by atoms with Gasteiger partial charge in [0.1, 0.15) is 11.8 Å². The Morgan fingerprint density at radius 3 is 2.62 bits per heavy atom. The lowest BCUT2D eigenvalue weighted by atomic mass is 10.2. The highest BCUT2D eigenvalue weighted by Crippen LogP contribution is 2.24. The second-order valence-electron chi connectivity index (χ2n) is 6.31. The Balaban J connectivity index is 1.61. The number of carbonyl (C=O) groups excluding carboxylic acids is 1. The number of thiophene rings is 1. The van der Waals surface area contributed by atoms with Gasteiger partial charge in [0, 0.05) is 17.1 Å². The Morgan fingerprint density at radius 1 is 1.23 bits per heavy atom. The molecule has 0 saturated heterocycles. The third-order valence-electron chi connectivity index (χ3n) is 4.09. The van der Waals surface area contributed by atoms with Gasteiger partial charge >= 0.3 is 0 Å². The van der Waals surface area contributed by atoms with Gasteiger partial charge < -0.3 is 10.1 Å². The fourth-order valence-corrected chi connectivity index (χ4v) is 3.61. The summed E-state index contributed by atoms with van der Waals surface area (Å²) in [5.41, 5.74) is 3.20. The molecule has 1 unspecified atom stereocenters. The van der Waals surface area contributed by atoms with Crippen LogP contribution in [0.2, 0.25) is 0 Å². The van der Waals surface area contributed by atoms with Crippen LogP contribution in [-0.4, -0.2) is 28.8 Å². The zero-order valence-electron chi connectivity index (χ0n) is 15.2. The maximum absolute atomic E-state index is 12.2. The molecule has 136 valence electrons. The first-order valence-corrected chi connectivity index (χ1v) is 9.43. The third kappa shape index (κ3) is 4.52. The summed E-state index contributed by atoms with van der Waals surface area (Å²) in [6, 6.07) is 13.8. The van der Waals surface area contributed by atoms with Crippen LogP contribution in [0.5, 0.6) is 5.75 Å². The maximum atomic E-state index is 12.2. The highest BCUT2D eigenvalue weighted by atomic mass is 32.1. The number of hydrogen-bond donors (Lipinski definition) is 1. The summed E-state index contributed by atoms with van der Waals surface area (Å²) in [5, 5.41) is 9.59. The normalized spacial score (nSPS) is 12.0. The lowest BCUT2D eigenvalue weighted by molar-refractivity contribution is -0.123. The van der Waals surface area contributed by atoms with Crippen molar-refractivity contribution in [3.8, 4) is 5.75 Å². The van der Waals surface area contributed by atoms with Crippen molar-refractivity contribution in [3.05, 3.63) is 69.7 Å². The summed E-state index contributed by atoms with van der Waals surface area (Å²) in [7, 11) is 0. The van der Waals surface area contributed by atoms with Gasteiger partial charge in [0.25, 0.3) is 5.91 Å². The molecule has 1 amide bonds. The molecule has 5 nitrogen and oxygen atoms in total. The van der Waals surface area contributed by atoms with Gasteiger partial charge in [-0.1, -0.05) is 23.8 Å². The summed E-state index contributed by atoms with van der Waals surface area (Å²) in [4.78, 5) is 13.4. The Hall–Kier alpha value is -2.60. The zero-order chi connectivity index (χ0) is 18.5. The van der Waals surface area contributed by atoms with Crippen LogP contribution in [0.15, 0.2) is 47.8 Å². The van der Waals surface area contributed by atoms with E-state index < -0.39 is 0 Å². The van der Waals surface area contributed by atoms with Crippen molar-refractivity contribution < 1.29 is 9.53 Å². The van der Waals surface area contributed by atoms with Crippen LogP contribution in [0, 0.1) is 20.8 Å². The molecule has 2 aromatic heterocycles. The predicted molar refractivity (Wildman–Crippen MR) is 104 cm³/mol. The smallest absolute Gasteiger partial charge is 0.258 e. The minimum atomic E-state index is -0.145. The molecule has 0 bridgehead atoms. The molecule has 0 fully saturated rings. The van der Waals surface area contributed by atoms with Crippen LogP contribution < -0.4 is 10.1 Å². The number of aromatic nitrogens is 2. The SMILES string of the molecule is Cc1ccc(OCC(=O)NCC(c2cccs2)n2nc(C)cc2C)cc1. The number of amides is 1.